The van der Waals surface area contributed by atoms with Gasteiger partial charge < -0.3 is 4.74 Å². The van der Waals surface area contributed by atoms with E-state index in [4.69, 9.17) is 0 Å². The van der Waals surface area contributed by atoms with Gasteiger partial charge in [-0.3, -0.25) is 14.4 Å². The third kappa shape index (κ3) is 6.22. The summed E-state index contributed by atoms with van der Waals surface area (Å²) in [6, 6.07) is 0. The van der Waals surface area contributed by atoms with Crippen molar-refractivity contribution in [3.05, 3.63) is 12.2 Å². The molecular formula is C12H16F2O4. The molecule has 0 saturated heterocycles. The smallest absolute Gasteiger partial charge is 0.324 e. The molecular weight excluding hydrogens is 246 g/mol. The lowest BCUT2D eigenvalue weighted by Crippen LogP contribution is -2.32. The van der Waals surface area contributed by atoms with Gasteiger partial charge in [0.15, 0.2) is 17.5 Å². The lowest BCUT2D eigenvalue weighted by molar-refractivity contribution is -0.154. The summed E-state index contributed by atoms with van der Waals surface area (Å²) in [5, 5.41) is 0. The third-order valence-corrected chi connectivity index (χ3v) is 2.18. The monoisotopic (exact) mass is 262 g/mol. The summed E-state index contributed by atoms with van der Waals surface area (Å²) in [6.07, 6.45) is -1.02. The average Bonchev–Trinajstić information content (AvgIpc) is 2.24. The predicted molar refractivity (Wildman–Crippen MR) is 60.0 cm³/mol. The molecule has 0 bridgehead atoms. The van der Waals surface area contributed by atoms with E-state index in [1.165, 1.54) is 0 Å². The molecule has 0 radical (unpaired) electrons. The van der Waals surface area contributed by atoms with E-state index in [0.717, 1.165) is 6.92 Å². The minimum absolute atomic E-state index is 0.0293. The molecule has 0 heterocycles. The van der Waals surface area contributed by atoms with Gasteiger partial charge in [-0.2, -0.15) is 8.78 Å². The highest BCUT2D eigenvalue weighted by atomic mass is 19.3. The van der Waals surface area contributed by atoms with Gasteiger partial charge in [-0.15, -0.1) is 0 Å². The van der Waals surface area contributed by atoms with Crippen molar-refractivity contribution >= 4 is 17.5 Å². The van der Waals surface area contributed by atoms with Crippen LogP contribution in [0.1, 0.15) is 33.1 Å². The number of hydrogen-bond donors (Lipinski definition) is 0. The fourth-order valence-corrected chi connectivity index (χ4v) is 1.38. The molecule has 6 heteroatoms. The Morgan fingerprint density at radius 1 is 1.28 bits per heavy atom. The Morgan fingerprint density at radius 3 is 2.33 bits per heavy atom. The first-order valence-corrected chi connectivity index (χ1v) is 5.61. The van der Waals surface area contributed by atoms with Crippen LogP contribution in [-0.2, 0) is 19.1 Å². The molecule has 0 N–H and O–H groups in total. The first-order valence-electron chi connectivity index (χ1n) is 5.61. The molecule has 4 nitrogen and oxygen atoms in total. The molecule has 0 amide bonds. The molecule has 0 aromatic heterocycles. The number of unbranched alkanes of at least 4 members (excludes halogenated alkanes) is 1. The number of ketones is 2. The van der Waals surface area contributed by atoms with Crippen molar-refractivity contribution in [3.63, 3.8) is 0 Å². The number of carbonyl (C=O) groups excluding carboxylic acids is 3. The summed E-state index contributed by atoms with van der Waals surface area (Å²) < 4.78 is 28.1. The first kappa shape index (κ1) is 16.4. The van der Waals surface area contributed by atoms with Crippen molar-refractivity contribution in [1.29, 1.82) is 0 Å². The fraction of sp³-hybridized carbons (Fsp3) is 0.583. The Bertz CT molecular complexity index is 346. The Morgan fingerprint density at radius 2 is 1.89 bits per heavy atom. The third-order valence-electron chi connectivity index (χ3n) is 2.18. The van der Waals surface area contributed by atoms with Crippen LogP contribution in [0.5, 0.6) is 0 Å². The maximum Gasteiger partial charge on any atom is 0.324 e. The number of allylic oxidation sites excluding steroid dienone is 1. The molecule has 0 saturated carbocycles. The highest BCUT2D eigenvalue weighted by molar-refractivity contribution is 6.16. The SMILES string of the molecule is CCOC(=O)C(C(C)=O)C(=O)CCCC=C(F)F. The fourth-order valence-electron chi connectivity index (χ4n) is 1.38. The van der Waals surface area contributed by atoms with Gasteiger partial charge in [-0.1, -0.05) is 0 Å². The quantitative estimate of drug-likeness (QED) is 0.382. The van der Waals surface area contributed by atoms with E-state index in [1.807, 2.05) is 0 Å². The zero-order chi connectivity index (χ0) is 14.1. The van der Waals surface area contributed by atoms with E-state index in [2.05, 4.69) is 4.74 Å². The number of rotatable bonds is 8. The second-order valence-electron chi connectivity index (χ2n) is 3.65. The zero-order valence-corrected chi connectivity index (χ0v) is 10.4. The molecule has 0 aliphatic rings. The Kier molecular flexibility index (Phi) is 7.74. The van der Waals surface area contributed by atoms with Gasteiger partial charge in [0.05, 0.1) is 6.61 Å². The van der Waals surface area contributed by atoms with E-state index < -0.39 is 29.5 Å². The van der Waals surface area contributed by atoms with Crippen LogP contribution in [0.25, 0.3) is 0 Å². The van der Waals surface area contributed by atoms with Crippen LogP contribution in [0.4, 0.5) is 8.78 Å². The normalized spacial score (nSPS) is 11.6. The number of carbonyl (C=O) groups is 3. The standard InChI is InChI=1S/C12H16F2O4/c1-3-18-12(17)11(8(2)15)9(16)6-4-5-7-10(13)14/h7,11H,3-6H2,1-2H3. The van der Waals surface area contributed by atoms with E-state index in [9.17, 15) is 23.2 Å². The number of esters is 1. The lowest BCUT2D eigenvalue weighted by atomic mass is 9.96. The molecule has 102 valence electrons. The lowest BCUT2D eigenvalue weighted by Gasteiger charge is -2.10. The highest BCUT2D eigenvalue weighted by Crippen LogP contribution is 2.11. The van der Waals surface area contributed by atoms with Crippen LogP contribution in [0.3, 0.4) is 0 Å². The van der Waals surface area contributed by atoms with Gasteiger partial charge in [-0.25, -0.2) is 0 Å². The number of ether oxygens (including phenoxy) is 1. The van der Waals surface area contributed by atoms with Crippen molar-refractivity contribution in [3.8, 4) is 0 Å². The average molecular weight is 262 g/mol. The van der Waals surface area contributed by atoms with Gasteiger partial charge in [0.2, 0.25) is 0 Å². The minimum Gasteiger partial charge on any atom is -0.465 e. The number of hydrogen-bond acceptors (Lipinski definition) is 4. The van der Waals surface area contributed by atoms with Crippen molar-refractivity contribution in [2.24, 2.45) is 5.92 Å². The van der Waals surface area contributed by atoms with Crippen LogP contribution in [-0.4, -0.2) is 24.1 Å². The van der Waals surface area contributed by atoms with Gasteiger partial charge in [0.25, 0.3) is 6.08 Å². The van der Waals surface area contributed by atoms with Gasteiger partial charge in [0, 0.05) is 6.42 Å². The topological polar surface area (TPSA) is 60.4 Å². The van der Waals surface area contributed by atoms with Gasteiger partial charge >= 0.3 is 5.97 Å². The molecule has 1 unspecified atom stereocenters. The molecule has 0 spiro atoms. The van der Waals surface area contributed by atoms with Crippen LogP contribution in [0.2, 0.25) is 0 Å². The summed E-state index contributed by atoms with van der Waals surface area (Å²) in [5.41, 5.74) is 0. The van der Waals surface area contributed by atoms with Gasteiger partial charge in [0.1, 0.15) is 0 Å². The Hall–Kier alpha value is -1.59. The summed E-state index contributed by atoms with van der Waals surface area (Å²) in [6.45, 7) is 2.76. The summed E-state index contributed by atoms with van der Waals surface area (Å²) in [7, 11) is 0. The van der Waals surface area contributed by atoms with E-state index in [0.29, 0.717) is 6.08 Å². The van der Waals surface area contributed by atoms with Crippen molar-refractivity contribution in [2.45, 2.75) is 33.1 Å². The molecule has 0 aromatic rings. The summed E-state index contributed by atoms with van der Waals surface area (Å²) >= 11 is 0. The second-order valence-corrected chi connectivity index (χ2v) is 3.65. The van der Waals surface area contributed by atoms with Gasteiger partial charge in [-0.05, 0) is 32.8 Å². The van der Waals surface area contributed by atoms with E-state index >= 15 is 0 Å². The minimum atomic E-state index is -1.81. The molecule has 0 rings (SSSR count). The second kappa shape index (κ2) is 8.49. The molecule has 18 heavy (non-hydrogen) atoms. The van der Waals surface area contributed by atoms with Crippen LogP contribution in [0.15, 0.2) is 12.2 Å². The number of halogens is 2. The highest BCUT2D eigenvalue weighted by Gasteiger charge is 2.31. The van der Waals surface area contributed by atoms with E-state index in [1.54, 1.807) is 6.92 Å². The van der Waals surface area contributed by atoms with Crippen LogP contribution >= 0.6 is 0 Å². The maximum absolute atomic E-state index is 11.7. The van der Waals surface area contributed by atoms with Crippen molar-refractivity contribution < 1.29 is 27.9 Å². The summed E-state index contributed by atoms with van der Waals surface area (Å²) in [4.78, 5) is 34.2. The Labute approximate surface area is 104 Å². The molecule has 0 aromatic carbocycles. The summed E-state index contributed by atoms with van der Waals surface area (Å²) in [5.74, 6) is -3.48. The molecule has 1 atom stereocenters. The van der Waals surface area contributed by atoms with Crippen LogP contribution in [0, 0.1) is 5.92 Å². The van der Waals surface area contributed by atoms with Crippen LogP contribution < -0.4 is 0 Å². The van der Waals surface area contributed by atoms with E-state index in [-0.39, 0.29) is 25.9 Å². The Balaban J connectivity index is 4.36. The molecule has 0 aliphatic carbocycles. The largest absolute Gasteiger partial charge is 0.465 e. The van der Waals surface area contributed by atoms with Crippen molar-refractivity contribution in [1.82, 2.24) is 0 Å². The zero-order valence-electron chi connectivity index (χ0n) is 10.4. The molecule has 0 fully saturated rings. The molecule has 0 aliphatic heterocycles. The van der Waals surface area contributed by atoms with Crippen molar-refractivity contribution in [2.75, 3.05) is 6.61 Å². The predicted octanol–water partition coefficient (Wildman–Crippen LogP) is 2.27. The first-order chi connectivity index (χ1) is 8.40. The number of Topliss-reactive ketones (excluding diaryl/α,β-unsaturated/α-hetero) is 2. The maximum atomic E-state index is 11.7.